The predicted molar refractivity (Wildman–Crippen MR) is 111 cm³/mol. The molecule has 0 aromatic heterocycles. The summed E-state index contributed by atoms with van der Waals surface area (Å²) in [4.78, 5) is 14.3. The van der Waals surface area contributed by atoms with Crippen LogP contribution >= 0.6 is 12.4 Å². The molecule has 10 heteroatoms. The van der Waals surface area contributed by atoms with Gasteiger partial charge in [-0.15, -0.1) is 12.4 Å². The van der Waals surface area contributed by atoms with Crippen LogP contribution in [0.1, 0.15) is 45.0 Å². The maximum absolute atomic E-state index is 13.2. The van der Waals surface area contributed by atoms with Crippen LogP contribution in [0.25, 0.3) is 0 Å². The molecule has 0 spiro atoms. The maximum Gasteiger partial charge on any atom is 0.416 e. The van der Waals surface area contributed by atoms with E-state index in [9.17, 15) is 31.1 Å². The largest absolute Gasteiger partial charge is 0.416 e. The SMILES string of the molecule is Cc1ccccc1C1CNCCC1N(C)C(=O)c1cc(C(F)(F)F)cc(C(F)(F)F)c1.Cl. The first kappa shape index (κ1) is 26.0. The fraction of sp³-hybridized carbons (Fsp3) is 0.409. The number of piperidine rings is 1. The van der Waals surface area contributed by atoms with Gasteiger partial charge in [-0.1, -0.05) is 24.3 Å². The minimum Gasteiger partial charge on any atom is -0.338 e. The number of alkyl halides is 6. The quantitative estimate of drug-likeness (QED) is 0.574. The molecule has 0 saturated carbocycles. The summed E-state index contributed by atoms with van der Waals surface area (Å²) in [5, 5.41) is 3.25. The smallest absolute Gasteiger partial charge is 0.338 e. The molecular formula is C22H23ClF6N2O. The van der Waals surface area contributed by atoms with Gasteiger partial charge in [0.05, 0.1) is 11.1 Å². The second-order valence-electron chi connectivity index (χ2n) is 7.73. The van der Waals surface area contributed by atoms with Crippen LogP contribution in [0.5, 0.6) is 0 Å². The Morgan fingerprint density at radius 2 is 1.56 bits per heavy atom. The first-order chi connectivity index (χ1) is 14.4. The van der Waals surface area contributed by atoms with E-state index < -0.39 is 35.0 Å². The number of rotatable bonds is 3. The zero-order valence-corrected chi connectivity index (χ0v) is 18.2. The minimum absolute atomic E-state index is 0. The Morgan fingerprint density at radius 3 is 2.09 bits per heavy atom. The fourth-order valence-electron chi connectivity index (χ4n) is 4.06. The highest BCUT2D eigenvalue weighted by Crippen LogP contribution is 2.37. The number of amides is 1. The molecule has 2 aromatic rings. The number of nitrogens with zero attached hydrogens (tertiary/aromatic N) is 1. The van der Waals surface area contributed by atoms with Crippen molar-refractivity contribution in [2.24, 2.45) is 0 Å². The van der Waals surface area contributed by atoms with Crippen LogP contribution < -0.4 is 5.32 Å². The normalized spacial score (nSPS) is 19.2. The van der Waals surface area contributed by atoms with Gasteiger partial charge in [-0.05, 0) is 49.2 Å². The van der Waals surface area contributed by atoms with Crippen LogP contribution in [-0.4, -0.2) is 37.0 Å². The van der Waals surface area contributed by atoms with Gasteiger partial charge in [0.1, 0.15) is 0 Å². The van der Waals surface area contributed by atoms with Crippen LogP contribution in [-0.2, 0) is 12.4 Å². The molecule has 1 saturated heterocycles. The maximum atomic E-state index is 13.2. The van der Waals surface area contributed by atoms with Crippen LogP contribution in [0, 0.1) is 6.92 Å². The number of carbonyl (C=O) groups excluding carboxylic acids is 1. The summed E-state index contributed by atoms with van der Waals surface area (Å²) in [6.07, 6.45) is -9.49. The number of benzene rings is 2. The van der Waals surface area contributed by atoms with Crippen molar-refractivity contribution in [1.29, 1.82) is 0 Å². The van der Waals surface area contributed by atoms with Crippen molar-refractivity contribution in [3.05, 3.63) is 70.3 Å². The van der Waals surface area contributed by atoms with E-state index in [4.69, 9.17) is 0 Å². The lowest BCUT2D eigenvalue weighted by Crippen LogP contribution is -2.49. The second-order valence-corrected chi connectivity index (χ2v) is 7.73. The Kier molecular flexibility index (Phi) is 7.88. The molecule has 2 atom stereocenters. The van der Waals surface area contributed by atoms with E-state index in [2.05, 4.69) is 5.32 Å². The predicted octanol–water partition coefficient (Wildman–Crippen LogP) is 5.67. The summed E-state index contributed by atoms with van der Waals surface area (Å²) in [5.41, 5.74) is -1.65. The Balaban J connectivity index is 0.00000363. The Morgan fingerprint density at radius 1 is 1.00 bits per heavy atom. The van der Waals surface area contributed by atoms with Crippen molar-refractivity contribution < 1.29 is 31.1 Å². The molecule has 176 valence electrons. The molecule has 3 nitrogen and oxygen atoms in total. The van der Waals surface area contributed by atoms with Crippen molar-refractivity contribution in [2.45, 2.75) is 37.7 Å². The van der Waals surface area contributed by atoms with E-state index in [1.807, 2.05) is 31.2 Å². The highest BCUT2D eigenvalue weighted by Gasteiger charge is 2.39. The van der Waals surface area contributed by atoms with Gasteiger partial charge in [-0.25, -0.2) is 0 Å². The molecule has 1 aliphatic rings. The van der Waals surface area contributed by atoms with Gasteiger partial charge in [0.2, 0.25) is 0 Å². The van der Waals surface area contributed by atoms with Gasteiger partial charge >= 0.3 is 12.4 Å². The summed E-state index contributed by atoms with van der Waals surface area (Å²) >= 11 is 0. The second kappa shape index (κ2) is 9.70. The van der Waals surface area contributed by atoms with Crippen LogP contribution in [0.4, 0.5) is 26.3 Å². The van der Waals surface area contributed by atoms with Crippen molar-refractivity contribution >= 4 is 18.3 Å². The monoisotopic (exact) mass is 480 g/mol. The van der Waals surface area contributed by atoms with Crippen molar-refractivity contribution in [3.8, 4) is 0 Å². The molecular weight excluding hydrogens is 458 g/mol. The Labute approximate surface area is 188 Å². The lowest BCUT2D eigenvalue weighted by Gasteiger charge is -2.39. The first-order valence-corrected chi connectivity index (χ1v) is 9.72. The third-order valence-corrected chi connectivity index (χ3v) is 5.69. The van der Waals surface area contributed by atoms with Gasteiger partial charge < -0.3 is 10.2 Å². The number of nitrogens with one attached hydrogen (secondary N) is 1. The van der Waals surface area contributed by atoms with Crippen molar-refractivity contribution in [2.75, 3.05) is 20.1 Å². The molecule has 2 unspecified atom stereocenters. The number of halogens is 7. The highest BCUT2D eigenvalue weighted by molar-refractivity contribution is 5.95. The Bertz CT molecular complexity index is 928. The molecule has 32 heavy (non-hydrogen) atoms. The standard InChI is InChI=1S/C22H22F6N2O.ClH/c1-13-5-3-4-6-17(13)18-12-29-8-7-19(18)30(2)20(31)14-9-15(21(23,24)25)11-16(10-14)22(26,27)28;/h3-6,9-11,18-19,29H,7-8,12H2,1-2H3;1H. The topological polar surface area (TPSA) is 32.3 Å². The molecule has 1 aliphatic heterocycles. The zero-order chi connectivity index (χ0) is 23.0. The number of carbonyl (C=O) groups is 1. The van der Waals surface area contributed by atoms with E-state index in [0.29, 0.717) is 31.6 Å². The zero-order valence-electron chi connectivity index (χ0n) is 17.3. The van der Waals surface area contributed by atoms with Gasteiger partial charge in [0.15, 0.2) is 0 Å². The third kappa shape index (κ3) is 5.56. The molecule has 1 fully saturated rings. The average molecular weight is 481 g/mol. The summed E-state index contributed by atoms with van der Waals surface area (Å²) in [5.74, 6) is -1.01. The first-order valence-electron chi connectivity index (χ1n) is 9.72. The third-order valence-electron chi connectivity index (χ3n) is 5.69. The van der Waals surface area contributed by atoms with E-state index >= 15 is 0 Å². The van der Waals surface area contributed by atoms with Gasteiger partial charge in [-0.2, -0.15) is 26.3 Å². The summed E-state index contributed by atoms with van der Waals surface area (Å²) in [7, 11) is 1.43. The van der Waals surface area contributed by atoms with Crippen LogP contribution in [0.15, 0.2) is 42.5 Å². The number of likely N-dealkylation sites (N-methyl/N-ethyl adjacent to an activating group) is 1. The Hall–Kier alpha value is -2.26. The van der Waals surface area contributed by atoms with Gasteiger partial charge in [-0.3, -0.25) is 4.79 Å². The van der Waals surface area contributed by atoms with E-state index in [0.717, 1.165) is 11.1 Å². The number of aryl methyl sites for hydroxylation is 1. The van der Waals surface area contributed by atoms with E-state index in [1.165, 1.54) is 11.9 Å². The van der Waals surface area contributed by atoms with Gasteiger partial charge in [0.25, 0.3) is 5.91 Å². The molecule has 1 amide bonds. The van der Waals surface area contributed by atoms with E-state index in [1.54, 1.807) is 0 Å². The fourth-order valence-corrected chi connectivity index (χ4v) is 4.06. The summed E-state index contributed by atoms with van der Waals surface area (Å²) < 4.78 is 79.1. The number of hydrogen-bond acceptors (Lipinski definition) is 2. The lowest BCUT2D eigenvalue weighted by molar-refractivity contribution is -0.143. The molecule has 3 rings (SSSR count). The minimum atomic E-state index is -5.01. The molecule has 0 bridgehead atoms. The molecule has 1 N–H and O–H groups in total. The van der Waals surface area contributed by atoms with Gasteiger partial charge in [0, 0.05) is 31.1 Å². The number of hydrogen-bond donors (Lipinski definition) is 1. The lowest BCUT2D eigenvalue weighted by atomic mass is 9.83. The van der Waals surface area contributed by atoms with E-state index in [-0.39, 0.29) is 30.4 Å². The summed E-state index contributed by atoms with van der Waals surface area (Å²) in [6.45, 7) is 3.05. The van der Waals surface area contributed by atoms with Crippen molar-refractivity contribution in [3.63, 3.8) is 0 Å². The molecule has 1 heterocycles. The molecule has 2 aromatic carbocycles. The highest BCUT2D eigenvalue weighted by atomic mass is 35.5. The van der Waals surface area contributed by atoms with Crippen LogP contribution in [0.2, 0.25) is 0 Å². The molecule has 0 aliphatic carbocycles. The molecule has 0 radical (unpaired) electrons. The van der Waals surface area contributed by atoms with Crippen molar-refractivity contribution in [1.82, 2.24) is 10.2 Å². The van der Waals surface area contributed by atoms with Crippen LogP contribution in [0.3, 0.4) is 0 Å². The summed E-state index contributed by atoms with van der Waals surface area (Å²) in [6, 6.07) is 8.19. The average Bonchev–Trinajstić information content (AvgIpc) is 2.71.